The molecule has 5 N–H and O–H groups in total. The van der Waals surface area contributed by atoms with E-state index in [1.165, 1.54) is 0 Å². The van der Waals surface area contributed by atoms with Crippen molar-refractivity contribution in [2.24, 2.45) is 5.84 Å². The van der Waals surface area contributed by atoms with Gasteiger partial charge in [0.2, 0.25) is 0 Å². The molecule has 0 radical (unpaired) electrons. The van der Waals surface area contributed by atoms with E-state index in [0.29, 0.717) is 51.6 Å². The number of anilines is 1. The van der Waals surface area contributed by atoms with Gasteiger partial charge in [-0.15, -0.1) is 0 Å². The van der Waals surface area contributed by atoms with E-state index in [9.17, 15) is 0 Å². The van der Waals surface area contributed by atoms with Crippen LogP contribution in [0.25, 0.3) is 89.7 Å². The quantitative estimate of drug-likeness (QED) is 0.0984. The predicted molar refractivity (Wildman–Crippen MR) is 164 cm³/mol. The molecule has 8 bridgehead atoms. The molecule has 4 aromatic carbocycles. The standard InChI is InChI=1S/C32H20N10.Zn/c33-42-23-15-7-14-22-24(23)32-40-30-21-13-6-5-12-20(21)28(38-30)36-26-17-9-2-1-8-16(17)25(34-26)35-27-18-10-3-4-11-19(18)29(37-27)39-31(22)41-32;/h1-15,42H,33H2,(H2,34,35,36,37,38,39,40,41);. The minimum Gasteiger partial charge on any atom is -0.324 e. The minimum absolute atomic E-state index is 0. The molecule has 2 aliphatic heterocycles. The maximum Gasteiger partial charge on any atom is 0.164 e. The van der Waals surface area contributed by atoms with Crippen molar-refractivity contribution in [2.75, 3.05) is 5.43 Å². The van der Waals surface area contributed by atoms with Crippen molar-refractivity contribution in [2.45, 2.75) is 0 Å². The average Bonchev–Trinajstić information content (AvgIpc) is 3.76. The minimum atomic E-state index is 0. The molecule has 0 saturated heterocycles. The fourth-order valence-corrected chi connectivity index (χ4v) is 5.81. The van der Waals surface area contributed by atoms with Gasteiger partial charge in [0.25, 0.3) is 0 Å². The fourth-order valence-electron chi connectivity index (χ4n) is 5.81. The molecule has 0 aliphatic carbocycles. The van der Waals surface area contributed by atoms with E-state index in [2.05, 4.69) is 15.4 Å². The van der Waals surface area contributed by atoms with Crippen molar-refractivity contribution in [3.63, 3.8) is 0 Å². The predicted octanol–water partition coefficient (Wildman–Crippen LogP) is 6.15. The smallest absolute Gasteiger partial charge is 0.164 e. The number of nitrogen functional groups attached to an aromatic ring is 1. The maximum absolute atomic E-state index is 5.95. The van der Waals surface area contributed by atoms with Gasteiger partial charge < -0.3 is 15.4 Å². The summed E-state index contributed by atoms with van der Waals surface area (Å²) in [6.45, 7) is 0. The number of fused-ring (bicyclic) bond motifs is 20. The first kappa shape index (κ1) is 25.3. The second-order valence-electron chi connectivity index (χ2n) is 10.1. The van der Waals surface area contributed by atoms with Crippen LogP contribution in [0.15, 0.2) is 91.0 Å². The number of nitrogens with one attached hydrogen (secondary N) is 3. The molecule has 0 unspecified atom stereocenters. The van der Waals surface area contributed by atoms with Gasteiger partial charge in [-0.1, -0.05) is 84.9 Å². The van der Waals surface area contributed by atoms with E-state index in [1.54, 1.807) is 0 Å². The molecule has 0 fully saturated rings. The largest absolute Gasteiger partial charge is 0.324 e. The van der Waals surface area contributed by atoms with Gasteiger partial charge in [0.05, 0.1) is 11.1 Å². The number of hydrogen-bond donors (Lipinski definition) is 4. The van der Waals surface area contributed by atoms with Crippen LogP contribution in [0, 0.1) is 0 Å². The molecular weight excluding hydrogens is 590 g/mol. The molecule has 3 aromatic heterocycles. The Hall–Kier alpha value is -5.38. The first-order chi connectivity index (χ1) is 20.7. The van der Waals surface area contributed by atoms with Crippen LogP contribution in [-0.2, 0) is 19.5 Å². The van der Waals surface area contributed by atoms with Crippen LogP contribution in [-0.4, -0.2) is 39.9 Å². The molecule has 0 atom stereocenters. The number of hydrogen-bond acceptors (Lipinski definition) is 8. The number of benzene rings is 4. The molecule has 0 amide bonds. The van der Waals surface area contributed by atoms with Gasteiger partial charge >= 0.3 is 0 Å². The zero-order chi connectivity index (χ0) is 27.8. The van der Waals surface area contributed by atoms with Crippen molar-refractivity contribution in [1.82, 2.24) is 39.9 Å². The van der Waals surface area contributed by atoms with Crippen LogP contribution in [0.1, 0.15) is 0 Å². The molecule has 10 nitrogen and oxygen atoms in total. The molecule has 7 aromatic rings. The molecule has 2 aliphatic rings. The van der Waals surface area contributed by atoms with Crippen molar-refractivity contribution >= 4 is 49.8 Å². The van der Waals surface area contributed by atoms with E-state index >= 15 is 0 Å². The number of aromatic amines is 2. The third kappa shape index (κ3) is 3.79. The van der Waals surface area contributed by atoms with Crippen molar-refractivity contribution < 1.29 is 19.5 Å². The Morgan fingerprint density at radius 1 is 0.442 bits per heavy atom. The fraction of sp³-hybridized carbons (Fsp3) is 0. The zero-order valence-electron chi connectivity index (χ0n) is 22.6. The zero-order valence-corrected chi connectivity index (χ0v) is 25.6. The number of rotatable bonds is 1. The molecule has 9 rings (SSSR count). The number of nitrogens with two attached hydrogens (primary N) is 1. The Bertz CT molecular complexity index is 2420. The van der Waals surface area contributed by atoms with Gasteiger partial charge in [-0.25, -0.2) is 29.9 Å². The molecule has 200 valence electrons. The van der Waals surface area contributed by atoms with Crippen LogP contribution < -0.4 is 11.3 Å². The topological polar surface area (TPSA) is 147 Å². The molecule has 0 spiro atoms. The Labute approximate surface area is 256 Å². The third-order valence-electron chi connectivity index (χ3n) is 7.73. The first-order valence-corrected chi connectivity index (χ1v) is 13.4. The number of aromatic nitrogens is 8. The summed E-state index contributed by atoms with van der Waals surface area (Å²) >= 11 is 0. The van der Waals surface area contributed by atoms with Crippen LogP contribution in [0.2, 0.25) is 0 Å². The number of hydrazine groups is 1. The van der Waals surface area contributed by atoms with Crippen molar-refractivity contribution in [3.8, 4) is 45.6 Å². The SMILES string of the molecule is NNc1cccc2c3nc4nc(nc5[nH]c(nc6nc(nc([nH]3)c12)-c1ccccc1-6)c1ccccc51)-c1ccccc1-4.[Zn]. The van der Waals surface area contributed by atoms with Gasteiger partial charge in [-0.05, 0) is 6.07 Å². The second kappa shape index (κ2) is 9.59. The number of H-pyrrole nitrogens is 2. The summed E-state index contributed by atoms with van der Waals surface area (Å²) < 4.78 is 0. The molecule has 43 heavy (non-hydrogen) atoms. The Kier molecular flexibility index (Phi) is 5.65. The third-order valence-corrected chi connectivity index (χ3v) is 7.73. The van der Waals surface area contributed by atoms with Crippen LogP contribution >= 0.6 is 0 Å². The summed E-state index contributed by atoms with van der Waals surface area (Å²) in [6, 6.07) is 29.8. The molecule has 11 heteroatoms. The summed E-state index contributed by atoms with van der Waals surface area (Å²) in [7, 11) is 0. The summed E-state index contributed by atoms with van der Waals surface area (Å²) in [4.78, 5) is 36.8. The summed E-state index contributed by atoms with van der Waals surface area (Å²) in [5.74, 6) is 8.17. The molecule has 0 saturated carbocycles. The Balaban J connectivity index is 0.00000278. The summed E-state index contributed by atoms with van der Waals surface area (Å²) in [5.41, 5.74) is 9.60. The van der Waals surface area contributed by atoms with Gasteiger partial charge in [-0.3, -0.25) is 5.84 Å². The Morgan fingerprint density at radius 3 is 1.33 bits per heavy atom. The van der Waals surface area contributed by atoms with E-state index in [1.807, 2.05) is 91.0 Å². The van der Waals surface area contributed by atoms with Crippen molar-refractivity contribution in [3.05, 3.63) is 91.0 Å². The van der Waals surface area contributed by atoms with E-state index < -0.39 is 0 Å². The van der Waals surface area contributed by atoms with Crippen LogP contribution in [0.5, 0.6) is 0 Å². The van der Waals surface area contributed by atoms with Gasteiger partial charge in [0.15, 0.2) is 23.3 Å². The van der Waals surface area contributed by atoms with Crippen molar-refractivity contribution in [1.29, 1.82) is 0 Å². The maximum atomic E-state index is 5.95. The summed E-state index contributed by atoms with van der Waals surface area (Å²) in [5, 5.41) is 3.52. The molecule has 5 heterocycles. The van der Waals surface area contributed by atoms with Crippen LogP contribution in [0.3, 0.4) is 0 Å². The number of nitrogens with zero attached hydrogens (tertiary/aromatic N) is 6. The van der Waals surface area contributed by atoms with Crippen LogP contribution in [0.4, 0.5) is 5.69 Å². The van der Waals surface area contributed by atoms with E-state index in [4.69, 9.17) is 35.7 Å². The Morgan fingerprint density at radius 2 is 0.837 bits per heavy atom. The van der Waals surface area contributed by atoms with E-state index in [-0.39, 0.29) is 19.5 Å². The normalized spacial score (nSPS) is 11.7. The summed E-state index contributed by atoms with van der Waals surface area (Å²) in [6.07, 6.45) is 0. The molecular formula is C32H20N10Zn. The van der Waals surface area contributed by atoms with Gasteiger partial charge in [0.1, 0.15) is 22.6 Å². The monoisotopic (exact) mass is 608 g/mol. The first-order valence-electron chi connectivity index (χ1n) is 13.4. The van der Waals surface area contributed by atoms with E-state index in [0.717, 1.165) is 43.8 Å². The van der Waals surface area contributed by atoms with Gasteiger partial charge in [0, 0.05) is 57.9 Å². The average molecular weight is 610 g/mol. The second-order valence-corrected chi connectivity index (χ2v) is 10.1. The van der Waals surface area contributed by atoms with Gasteiger partial charge in [-0.2, -0.15) is 0 Å².